The Bertz CT molecular complexity index is 755. The molecule has 5 heteroatoms. The highest BCUT2D eigenvalue weighted by Crippen LogP contribution is 2.22. The van der Waals surface area contributed by atoms with Crippen molar-refractivity contribution in [2.24, 2.45) is 0 Å². The van der Waals surface area contributed by atoms with Crippen molar-refractivity contribution in [2.75, 3.05) is 33.4 Å². The molecule has 0 unspecified atom stereocenters. The Balaban J connectivity index is 1.55. The van der Waals surface area contributed by atoms with Crippen LogP contribution in [-0.2, 0) is 4.74 Å². The minimum atomic E-state index is -0.0775. The van der Waals surface area contributed by atoms with Crippen molar-refractivity contribution in [1.82, 2.24) is 4.90 Å². The van der Waals surface area contributed by atoms with E-state index in [2.05, 4.69) is 0 Å². The van der Waals surface area contributed by atoms with Crippen LogP contribution in [0.1, 0.15) is 28.8 Å². The zero-order valence-corrected chi connectivity index (χ0v) is 16.0. The Labute approximate surface area is 160 Å². The van der Waals surface area contributed by atoms with Gasteiger partial charge in [-0.15, -0.1) is 0 Å². The van der Waals surface area contributed by atoms with Crippen LogP contribution in [0.5, 0.6) is 11.5 Å². The second kappa shape index (κ2) is 9.42. The summed E-state index contributed by atoms with van der Waals surface area (Å²) in [5, 5.41) is 0. The molecular weight excluding hydrogens is 342 g/mol. The lowest BCUT2D eigenvalue weighted by atomic mass is 10.1. The van der Waals surface area contributed by atoms with Gasteiger partial charge < -0.3 is 19.1 Å². The predicted octanol–water partition coefficient (Wildman–Crippen LogP) is 3.70. The molecule has 1 aliphatic rings. The minimum Gasteiger partial charge on any atom is -0.491 e. The number of nitrogens with zero attached hydrogens (tertiary/aromatic N) is 1. The summed E-state index contributed by atoms with van der Waals surface area (Å²) in [4.78, 5) is 14.5. The molecule has 27 heavy (non-hydrogen) atoms. The van der Waals surface area contributed by atoms with Gasteiger partial charge in [0.1, 0.15) is 24.7 Å². The molecule has 0 aliphatic carbocycles. The second-order valence-corrected chi connectivity index (χ2v) is 6.78. The smallest absolute Gasteiger partial charge is 0.257 e. The molecule has 2 aromatic rings. The Morgan fingerprint density at radius 1 is 1.11 bits per heavy atom. The first-order chi connectivity index (χ1) is 13.1. The lowest BCUT2D eigenvalue weighted by molar-refractivity contribution is 0.0655. The van der Waals surface area contributed by atoms with E-state index in [0.717, 1.165) is 30.8 Å². The molecule has 0 radical (unpaired) electrons. The van der Waals surface area contributed by atoms with Crippen LogP contribution in [0.25, 0.3) is 0 Å². The van der Waals surface area contributed by atoms with Gasteiger partial charge in [0, 0.05) is 13.7 Å². The van der Waals surface area contributed by atoms with Gasteiger partial charge in [0.25, 0.3) is 5.91 Å². The third-order valence-corrected chi connectivity index (χ3v) is 4.69. The number of aryl methyl sites for hydroxylation is 1. The Morgan fingerprint density at radius 3 is 2.59 bits per heavy atom. The number of hydrogen-bond acceptors (Lipinski definition) is 4. The summed E-state index contributed by atoms with van der Waals surface area (Å²) in [5.41, 5.74) is 1.65. The molecule has 0 saturated carbocycles. The summed E-state index contributed by atoms with van der Waals surface area (Å²) < 4.78 is 17.3. The maximum absolute atomic E-state index is 12.8. The van der Waals surface area contributed by atoms with E-state index in [4.69, 9.17) is 14.2 Å². The number of carbonyl (C=O) groups is 1. The van der Waals surface area contributed by atoms with E-state index >= 15 is 0 Å². The van der Waals surface area contributed by atoms with Gasteiger partial charge in [-0.25, -0.2) is 0 Å². The maximum Gasteiger partial charge on any atom is 0.257 e. The number of amides is 1. The van der Waals surface area contributed by atoms with Crippen LogP contribution < -0.4 is 9.47 Å². The standard InChI is InChI=1S/C22H27NO4/c1-17-8-3-5-11-20(17)26-15-13-23(2)22(24)19-10-4-6-12-21(19)27-16-18-9-7-14-25-18/h3-6,8,10-12,18H,7,9,13-16H2,1-2H3/t18-/m0/s1. The molecule has 1 aliphatic heterocycles. The molecule has 1 heterocycles. The number of likely N-dealkylation sites (N-methyl/N-ethyl adjacent to an activating group) is 1. The van der Waals surface area contributed by atoms with E-state index in [1.807, 2.05) is 49.4 Å². The van der Waals surface area contributed by atoms with Crippen molar-refractivity contribution < 1.29 is 19.0 Å². The van der Waals surface area contributed by atoms with Crippen LogP contribution in [0.3, 0.4) is 0 Å². The Kier molecular flexibility index (Phi) is 6.71. The lowest BCUT2D eigenvalue weighted by Crippen LogP contribution is -2.31. The normalized spacial score (nSPS) is 16.1. The van der Waals surface area contributed by atoms with E-state index in [-0.39, 0.29) is 12.0 Å². The Hall–Kier alpha value is -2.53. The van der Waals surface area contributed by atoms with Gasteiger partial charge in [-0.05, 0) is 43.5 Å². The van der Waals surface area contributed by atoms with E-state index in [9.17, 15) is 4.79 Å². The van der Waals surface area contributed by atoms with Gasteiger partial charge in [-0.2, -0.15) is 0 Å². The Morgan fingerprint density at radius 2 is 1.85 bits per heavy atom. The number of benzene rings is 2. The van der Waals surface area contributed by atoms with Gasteiger partial charge in [-0.3, -0.25) is 4.79 Å². The molecule has 0 bridgehead atoms. The topological polar surface area (TPSA) is 48.0 Å². The molecule has 5 nitrogen and oxygen atoms in total. The predicted molar refractivity (Wildman–Crippen MR) is 105 cm³/mol. The molecule has 0 aromatic heterocycles. The highest BCUT2D eigenvalue weighted by atomic mass is 16.5. The minimum absolute atomic E-state index is 0.0775. The molecule has 1 saturated heterocycles. The summed E-state index contributed by atoms with van der Waals surface area (Å²) >= 11 is 0. The van der Waals surface area contributed by atoms with Crippen molar-refractivity contribution in [3.63, 3.8) is 0 Å². The molecule has 1 amide bonds. The SMILES string of the molecule is Cc1ccccc1OCCN(C)C(=O)c1ccccc1OC[C@@H]1CCCO1. The van der Waals surface area contributed by atoms with Crippen LogP contribution in [0, 0.1) is 6.92 Å². The fraction of sp³-hybridized carbons (Fsp3) is 0.409. The summed E-state index contributed by atoms with van der Waals surface area (Å²) in [6, 6.07) is 15.2. The molecule has 2 aromatic carbocycles. The van der Waals surface area contributed by atoms with Gasteiger partial charge in [0.15, 0.2) is 0 Å². The molecule has 3 rings (SSSR count). The monoisotopic (exact) mass is 369 g/mol. The van der Waals surface area contributed by atoms with Crippen LogP contribution in [-0.4, -0.2) is 50.3 Å². The number of ether oxygens (including phenoxy) is 3. The number of rotatable bonds is 8. The third-order valence-electron chi connectivity index (χ3n) is 4.69. The summed E-state index contributed by atoms with van der Waals surface area (Å²) in [7, 11) is 1.78. The average molecular weight is 369 g/mol. The lowest BCUT2D eigenvalue weighted by Gasteiger charge is -2.20. The van der Waals surface area contributed by atoms with Crippen LogP contribution in [0.15, 0.2) is 48.5 Å². The number of hydrogen-bond donors (Lipinski definition) is 0. The summed E-state index contributed by atoms with van der Waals surface area (Å²) in [6.07, 6.45) is 2.19. The van der Waals surface area contributed by atoms with Gasteiger partial charge in [0.2, 0.25) is 0 Å². The molecule has 1 atom stereocenters. The fourth-order valence-corrected chi connectivity index (χ4v) is 3.05. The van der Waals surface area contributed by atoms with Crippen LogP contribution >= 0.6 is 0 Å². The third kappa shape index (κ3) is 5.23. The zero-order chi connectivity index (χ0) is 19.1. The first-order valence-electron chi connectivity index (χ1n) is 9.42. The summed E-state index contributed by atoms with van der Waals surface area (Å²) in [6.45, 7) is 4.20. The van der Waals surface area contributed by atoms with Crippen molar-refractivity contribution >= 4 is 5.91 Å². The molecule has 1 fully saturated rings. The number of para-hydroxylation sites is 2. The molecule has 0 spiro atoms. The van der Waals surface area contributed by atoms with Gasteiger partial charge >= 0.3 is 0 Å². The van der Waals surface area contributed by atoms with Crippen molar-refractivity contribution in [2.45, 2.75) is 25.9 Å². The first-order valence-corrected chi connectivity index (χ1v) is 9.42. The highest BCUT2D eigenvalue weighted by Gasteiger charge is 2.20. The van der Waals surface area contributed by atoms with Crippen LogP contribution in [0.2, 0.25) is 0 Å². The molecule has 0 N–H and O–H groups in total. The summed E-state index contributed by atoms with van der Waals surface area (Å²) in [5.74, 6) is 1.37. The van der Waals surface area contributed by atoms with E-state index in [1.165, 1.54) is 0 Å². The van der Waals surface area contributed by atoms with E-state index in [0.29, 0.717) is 31.1 Å². The van der Waals surface area contributed by atoms with Crippen molar-refractivity contribution in [3.8, 4) is 11.5 Å². The van der Waals surface area contributed by atoms with Gasteiger partial charge in [0.05, 0.1) is 18.2 Å². The maximum atomic E-state index is 12.8. The zero-order valence-electron chi connectivity index (χ0n) is 16.0. The molecular formula is C22H27NO4. The fourth-order valence-electron chi connectivity index (χ4n) is 3.05. The first kappa shape index (κ1) is 19.2. The highest BCUT2D eigenvalue weighted by molar-refractivity contribution is 5.96. The van der Waals surface area contributed by atoms with E-state index in [1.54, 1.807) is 18.0 Å². The van der Waals surface area contributed by atoms with Crippen molar-refractivity contribution in [1.29, 1.82) is 0 Å². The van der Waals surface area contributed by atoms with Crippen molar-refractivity contribution in [3.05, 3.63) is 59.7 Å². The quantitative estimate of drug-likeness (QED) is 0.712. The van der Waals surface area contributed by atoms with Crippen LogP contribution in [0.4, 0.5) is 0 Å². The average Bonchev–Trinajstić information content (AvgIpc) is 3.21. The van der Waals surface area contributed by atoms with E-state index < -0.39 is 0 Å². The molecule has 144 valence electrons. The largest absolute Gasteiger partial charge is 0.491 e. The second-order valence-electron chi connectivity index (χ2n) is 6.78. The van der Waals surface area contributed by atoms with Gasteiger partial charge in [-0.1, -0.05) is 30.3 Å². The number of carbonyl (C=O) groups excluding carboxylic acids is 1.